The Hall–Kier alpha value is -1.71. The van der Waals surface area contributed by atoms with Gasteiger partial charge >= 0.3 is 0 Å². The highest BCUT2D eigenvalue weighted by Gasteiger charge is 2.22. The van der Waals surface area contributed by atoms with E-state index in [0.29, 0.717) is 11.8 Å². The quantitative estimate of drug-likeness (QED) is 0.906. The Balaban J connectivity index is 1.81. The Morgan fingerprint density at radius 3 is 2.29 bits per heavy atom. The number of hydrogen-bond acceptors (Lipinski definition) is 3. The molecule has 2 rings (SSSR count). The zero-order valence-corrected chi connectivity index (χ0v) is 13.1. The molecule has 116 valence electrons. The highest BCUT2D eigenvalue weighted by atomic mass is 16.5. The summed E-state index contributed by atoms with van der Waals surface area (Å²) in [6, 6.07) is 7.57. The van der Waals surface area contributed by atoms with Crippen molar-refractivity contribution in [3.8, 4) is 11.5 Å². The molecule has 1 amide bonds. The lowest BCUT2D eigenvalue weighted by Gasteiger charge is -2.28. The second-order valence-electron chi connectivity index (χ2n) is 5.90. The van der Waals surface area contributed by atoms with Gasteiger partial charge in [-0.2, -0.15) is 0 Å². The van der Waals surface area contributed by atoms with Crippen molar-refractivity contribution in [2.24, 2.45) is 5.92 Å². The second-order valence-corrected chi connectivity index (χ2v) is 5.90. The average Bonchev–Trinajstić information content (AvgIpc) is 2.50. The molecule has 1 atom stereocenters. The Labute approximate surface area is 126 Å². The maximum Gasteiger partial charge on any atom is 0.260 e. The van der Waals surface area contributed by atoms with Crippen LogP contribution in [0, 0.1) is 5.92 Å². The number of ether oxygens (including phenoxy) is 2. The molecule has 0 aliphatic heterocycles. The van der Waals surface area contributed by atoms with Gasteiger partial charge in [0.25, 0.3) is 5.91 Å². The molecule has 0 aromatic heterocycles. The maximum absolute atomic E-state index is 12.2. The molecule has 1 fully saturated rings. The Bertz CT molecular complexity index is 450. The molecule has 0 spiro atoms. The number of benzene rings is 1. The van der Waals surface area contributed by atoms with E-state index < -0.39 is 6.10 Å². The van der Waals surface area contributed by atoms with Gasteiger partial charge in [0.15, 0.2) is 6.10 Å². The topological polar surface area (TPSA) is 47.6 Å². The number of carbonyl (C=O) groups is 1. The summed E-state index contributed by atoms with van der Waals surface area (Å²) >= 11 is 0. The molecule has 1 N–H and O–H groups in total. The molecular formula is C17H25NO3. The first-order valence-electron chi connectivity index (χ1n) is 7.69. The van der Waals surface area contributed by atoms with Gasteiger partial charge in [0.05, 0.1) is 7.11 Å². The first-order chi connectivity index (χ1) is 10.1. The van der Waals surface area contributed by atoms with Crippen LogP contribution in [0.5, 0.6) is 11.5 Å². The summed E-state index contributed by atoms with van der Waals surface area (Å²) in [6.07, 6.45) is 4.04. The van der Waals surface area contributed by atoms with Gasteiger partial charge in [-0.15, -0.1) is 0 Å². The lowest BCUT2D eigenvalue weighted by Crippen LogP contribution is -2.43. The van der Waals surface area contributed by atoms with Gasteiger partial charge in [-0.3, -0.25) is 4.79 Å². The fourth-order valence-electron chi connectivity index (χ4n) is 2.63. The fourth-order valence-corrected chi connectivity index (χ4v) is 2.63. The molecule has 1 aromatic rings. The molecule has 1 saturated carbocycles. The van der Waals surface area contributed by atoms with E-state index in [9.17, 15) is 4.79 Å². The van der Waals surface area contributed by atoms with E-state index in [1.165, 1.54) is 12.8 Å². The molecule has 4 heteroatoms. The van der Waals surface area contributed by atoms with Crippen molar-refractivity contribution in [1.82, 2.24) is 5.32 Å². The Morgan fingerprint density at radius 2 is 1.71 bits per heavy atom. The lowest BCUT2D eigenvalue weighted by atomic mass is 9.87. The monoisotopic (exact) mass is 291 g/mol. The van der Waals surface area contributed by atoms with Gasteiger partial charge in [0.2, 0.25) is 0 Å². The molecule has 1 aromatic carbocycles. The molecule has 0 radical (unpaired) electrons. The summed E-state index contributed by atoms with van der Waals surface area (Å²) in [6.45, 7) is 4.05. The van der Waals surface area contributed by atoms with Gasteiger partial charge in [0.1, 0.15) is 11.5 Å². The summed E-state index contributed by atoms with van der Waals surface area (Å²) in [5.74, 6) is 2.20. The van der Waals surface area contributed by atoms with Crippen LogP contribution in [0.3, 0.4) is 0 Å². The molecule has 0 heterocycles. The second kappa shape index (κ2) is 7.34. The normalized spacial score (nSPS) is 23.2. The van der Waals surface area contributed by atoms with Gasteiger partial charge in [0, 0.05) is 6.04 Å². The Morgan fingerprint density at radius 1 is 1.14 bits per heavy atom. The minimum Gasteiger partial charge on any atom is -0.497 e. The van der Waals surface area contributed by atoms with E-state index in [4.69, 9.17) is 9.47 Å². The summed E-state index contributed by atoms with van der Waals surface area (Å²) < 4.78 is 10.8. The number of hydrogen-bond donors (Lipinski definition) is 1. The first kappa shape index (κ1) is 15.7. The van der Waals surface area contributed by atoms with Crippen molar-refractivity contribution in [3.05, 3.63) is 24.3 Å². The van der Waals surface area contributed by atoms with Crippen molar-refractivity contribution >= 4 is 5.91 Å². The van der Waals surface area contributed by atoms with Crippen molar-refractivity contribution in [1.29, 1.82) is 0 Å². The standard InChI is InChI=1S/C17H25NO3/c1-12-4-6-14(7-5-12)18-17(19)13(2)21-16-10-8-15(20-3)9-11-16/h8-14H,4-7H2,1-3H3,(H,18,19). The van der Waals surface area contributed by atoms with Crippen LogP contribution in [0.15, 0.2) is 24.3 Å². The number of carbonyl (C=O) groups excluding carboxylic acids is 1. The van der Waals surface area contributed by atoms with Crippen LogP contribution < -0.4 is 14.8 Å². The van der Waals surface area contributed by atoms with Crippen LogP contribution in [0.2, 0.25) is 0 Å². The summed E-state index contributed by atoms with van der Waals surface area (Å²) in [5, 5.41) is 3.09. The summed E-state index contributed by atoms with van der Waals surface area (Å²) in [5.41, 5.74) is 0. The molecule has 0 bridgehead atoms. The molecular weight excluding hydrogens is 266 g/mol. The fraction of sp³-hybridized carbons (Fsp3) is 0.588. The number of methoxy groups -OCH3 is 1. The van der Waals surface area contributed by atoms with Crippen molar-refractivity contribution in [3.63, 3.8) is 0 Å². The number of rotatable bonds is 5. The molecule has 0 saturated heterocycles. The predicted molar refractivity (Wildman–Crippen MR) is 82.6 cm³/mol. The van der Waals surface area contributed by atoms with Crippen LogP contribution in [0.1, 0.15) is 39.5 Å². The van der Waals surface area contributed by atoms with Crippen LogP contribution in [0.25, 0.3) is 0 Å². The summed E-state index contributed by atoms with van der Waals surface area (Å²) in [7, 11) is 1.62. The van der Waals surface area contributed by atoms with Crippen molar-refractivity contribution in [2.75, 3.05) is 7.11 Å². The largest absolute Gasteiger partial charge is 0.497 e. The van der Waals surface area contributed by atoms with E-state index in [0.717, 1.165) is 24.5 Å². The number of amides is 1. The third kappa shape index (κ3) is 4.66. The Kier molecular flexibility index (Phi) is 5.48. The highest BCUT2D eigenvalue weighted by molar-refractivity contribution is 5.81. The van der Waals surface area contributed by atoms with E-state index >= 15 is 0 Å². The van der Waals surface area contributed by atoms with Crippen LogP contribution in [0.4, 0.5) is 0 Å². The minimum absolute atomic E-state index is 0.0367. The SMILES string of the molecule is COc1ccc(OC(C)C(=O)NC2CCC(C)CC2)cc1. The van der Waals surface area contributed by atoms with Gasteiger partial charge in [-0.1, -0.05) is 6.92 Å². The molecule has 4 nitrogen and oxygen atoms in total. The van der Waals surface area contributed by atoms with Gasteiger partial charge in [-0.25, -0.2) is 0 Å². The molecule has 1 aliphatic carbocycles. The molecule has 1 aliphatic rings. The van der Waals surface area contributed by atoms with Crippen LogP contribution in [-0.2, 0) is 4.79 Å². The summed E-state index contributed by atoms with van der Waals surface area (Å²) in [4.78, 5) is 12.2. The van der Waals surface area contributed by atoms with E-state index in [1.54, 1.807) is 14.0 Å². The minimum atomic E-state index is -0.488. The zero-order valence-electron chi connectivity index (χ0n) is 13.1. The maximum atomic E-state index is 12.2. The smallest absolute Gasteiger partial charge is 0.260 e. The van der Waals surface area contributed by atoms with Crippen molar-refractivity contribution < 1.29 is 14.3 Å². The average molecular weight is 291 g/mol. The zero-order chi connectivity index (χ0) is 15.2. The lowest BCUT2D eigenvalue weighted by molar-refractivity contribution is -0.128. The van der Waals surface area contributed by atoms with Gasteiger partial charge < -0.3 is 14.8 Å². The van der Waals surface area contributed by atoms with E-state index in [-0.39, 0.29) is 5.91 Å². The van der Waals surface area contributed by atoms with Gasteiger partial charge in [-0.05, 0) is 62.8 Å². The van der Waals surface area contributed by atoms with E-state index in [1.807, 2.05) is 24.3 Å². The highest BCUT2D eigenvalue weighted by Crippen LogP contribution is 2.23. The molecule has 1 unspecified atom stereocenters. The van der Waals surface area contributed by atoms with E-state index in [2.05, 4.69) is 12.2 Å². The predicted octanol–water partition coefficient (Wildman–Crippen LogP) is 3.16. The third-order valence-electron chi connectivity index (χ3n) is 4.10. The van der Waals surface area contributed by atoms with Crippen LogP contribution in [-0.4, -0.2) is 25.2 Å². The molecule has 21 heavy (non-hydrogen) atoms. The first-order valence-corrected chi connectivity index (χ1v) is 7.69. The third-order valence-corrected chi connectivity index (χ3v) is 4.10. The number of nitrogens with one attached hydrogen (secondary N) is 1. The van der Waals surface area contributed by atoms with Crippen LogP contribution >= 0.6 is 0 Å². The van der Waals surface area contributed by atoms with Crippen molar-refractivity contribution in [2.45, 2.75) is 51.7 Å².